The maximum absolute atomic E-state index is 12.8. The molecule has 0 amide bonds. The number of H-pyrrole nitrogens is 1. The largest absolute Gasteiger partial charge is 0.350 e. The van der Waals surface area contributed by atoms with Gasteiger partial charge < -0.3 is 5.32 Å². The molecule has 0 spiro atoms. The van der Waals surface area contributed by atoms with Crippen molar-refractivity contribution < 1.29 is 0 Å². The molecule has 4 aromatic rings. The van der Waals surface area contributed by atoms with E-state index in [1.807, 2.05) is 24.3 Å². The highest BCUT2D eigenvalue weighted by atomic mass is 16.1. The molecule has 0 atom stereocenters. The molecule has 28 heavy (non-hydrogen) atoms. The highest BCUT2D eigenvalue weighted by molar-refractivity contribution is 5.77. The molecule has 0 aliphatic heterocycles. The van der Waals surface area contributed by atoms with Gasteiger partial charge in [0.1, 0.15) is 5.82 Å². The number of benzene rings is 1. The van der Waals surface area contributed by atoms with Crippen molar-refractivity contribution in [2.75, 3.05) is 5.32 Å². The average Bonchev–Trinajstić information content (AvgIpc) is 2.70. The molecule has 0 aliphatic carbocycles. The standard InChI is InChI=1S/C20H18N6O2/c1-13-23-17-8-3-2-7-16(17)19(28)26(13)12-15-10-18(27)25-20(24-15)22-11-14-6-4-5-9-21-14/h2-10H,11-12H2,1H3,(H2,22,24,25,27). The van der Waals surface area contributed by atoms with E-state index < -0.39 is 0 Å². The number of nitrogens with one attached hydrogen (secondary N) is 2. The summed E-state index contributed by atoms with van der Waals surface area (Å²) in [6, 6.07) is 14.2. The molecule has 0 bridgehead atoms. The highest BCUT2D eigenvalue weighted by Gasteiger charge is 2.10. The number of pyridine rings is 1. The smallest absolute Gasteiger partial charge is 0.261 e. The maximum Gasteiger partial charge on any atom is 0.261 e. The van der Waals surface area contributed by atoms with Gasteiger partial charge in [-0.3, -0.25) is 24.1 Å². The number of aromatic nitrogens is 5. The van der Waals surface area contributed by atoms with E-state index in [0.717, 1.165) is 5.69 Å². The zero-order valence-corrected chi connectivity index (χ0v) is 15.2. The minimum Gasteiger partial charge on any atom is -0.350 e. The number of anilines is 1. The first-order chi connectivity index (χ1) is 13.6. The molecule has 2 N–H and O–H groups in total. The molecule has 0 fully saturated rings. The molecule has 0 saturated carbocycles. The van der Waals surface area contributed by atoms with Crippen LogP contribution in [0.4, 0.5) is 5.95 Å². The van der Waals surface area contributed by atoms with Crippen LogP contribution in [0.15, 0.2) is 64.3 Å². The summed E-state index contributed by atoms with van der Waals surface area (Å²) in [6.07, 6.45) is 1.70. The maximum atomic E-state index is 12.8. The Balaban J connectivity index is 1.64. The topological polar surface area (TPSA) is 106 Å². The lowest BCUT2D eigenvalue weighted by Gasteiger charge is -2.11. The molecule has 4 rings (SSSR count). The fraction of sp³-hybridized carbons (Fsp3) is 0.150. The highest BCUT2D eigenvalue weighted by Crippen LogP contribution is 2.09. The first-order valence-corrected chi connectivity index (χ1v) is 8.80. The van der Waals surface area contributed by atoms with Crippen molar-refractivity contribution in [2.45, 2.75) is 20.0 Å². The van der Waals surface area contributed by atoms with Crippen molar-refractivity contribution in [2.24, 2.45) is 0 Å². The van der Waals surface area contributed by atoms with Gasteiger partial charge in [0.2, 0.25) is 5.95 Å². The molecular weight excluding hydrogens is 356 g/mol. The van der Waals surface area contributed by atoms with Gasteiger partial charge in [-0.15, -0.1) is 0 Å². The zero-order chi connectivity index (χ0) is 19.5. The van der Waals surface area contributed by atoms with Gasteiger partial charge in [-0.1, -0.05) is 18.2 Å². The van der Waals surface area contributed by atoms with E-state index in [9.17, 15) is 9.59 Å². The molecular formula is C20H18N6O2. The molecule has 0 saturated heterocycles. The molecule has 1 aromatic carbocycles. The van der Waals surface area contributed by atoms with Gasteiger partial charge in [0.25, 0.3) is 11.1 Å². The van der Waals surface area contributed by atoms with E-state index >= 15 is 0 Å². The van der Waals surface area contributed by atoms with E-state index in [1.54, 1.807) is 31.3 Å². The van der Waals surface area contributed by atoms with Crippen molar-refractivity contribution in [1.82, 2.24) is 24.5 Å². The predicted molar refractivity (Wildman–Crippen MR) is 106 cm³/mol. The van der Waals surface area contributed by atoms with Gasteiger partial charge in [0, 0.05) is 12.3 Å². The normalized spacial score (nSPS) is 10.9. The second-order valence-corrected chi connectivity index (χ2v) is 6.33. The molecule has 3 aromatic heterocycles. The molecule has 0 unspecified atom stereocenters. The van der Waals surface area contributed by atoms with Crippen LogP contribution in [0.2, 0.25) is 0 Å². The van der Waals surface area contributed by atoms with Gasteiger partial charge >= 0.3 is 0 Å². The summed E-state index contributed by atoms with van der Waals surface area (Å²) < 4.78 is 1.52. The summed E-state index contributed by atoms with van der Waals surface area (Å²) in [5.74, 6) is 0.890. The van der Waals surface area contributed by atoms with Crippen LogP contribution in [0, 0.1) is 6.92 Å². The van der Waals surface area contributed by atoms with Gasteiger partial charge in [0.05, 0.1) is 35.4 Å². The van der Waals surface area contributed by atoms with Gasteiger partial charge in [0.15, 0.2) is 0 Å². The van der Waals surface area contributed by atoms with Gasteiger partial charge in [-0.2, -0.15) is 0 Å². The Morgan fingerprint density at radius 1 is 1.04 bits per heavy atom. The first kappa shape index (κ1) is 17.6. The van der Waals surface area contributed by atoms with E-state index in [0.29, 0.717) is 34.9 Å². The fourth-order valence-corrected chi connectivity index (χ4v) is 2.98. The van der Waals surface area contributed by atoms with Crippen LogP contribution in [-0.2, 0) is 13.1 Å². The molecule has 140 valence electrons. The number of aryl methyl sites for hydroxylation is 1. The van der Waals surface area contributed by atoms with E-state index in [1.165, 1.54) is 10.6 Å². The Morgan fingerprint density at radius 2 is 1.86 bits per heavy atom. The molecule has 0 radical (unpaired) electrons. The lowest BCUT2D eigenvalue weighted by Crippen LogP contribution is -2.26. The summed E-state index contributed by atoms with van der Waals surface area (Å²) in [4.78, 5) is 40.6. The summed E-state index contributed by atoms with van der Waals surface area (Å²) in [5.41, 5.74) is 1.48. The monoisotopic (exact) mass is 374 g/mol. The number of rotatable bonds is 5. The summed E-state index contributed by atoms with van der Waals surface area (Å²) >= 11 is 0. The minimum absolute atomic E-state index is 0.157. The third-order valence-electron chi connectivity index (χ3n) is 4.33. The van der Waals surface area contributed by atoms with Crippen LogP contribution in [0.3, 0.4) is 0 Å². The summed E-state index contributed by atoms with van der Waals surface area (Å²) in [5, 5.41) is 3.59. The second-order valence-electron chi connectivity index (χ2n) is 6.33. The Labute approximate surface area is 160 Å². The van der Waals surface area contributed by atoms with Crippen molar-refractivity contribution in [1.29, 1.82) is 0 Å². The number of nitrogens with zero attached hydrogens (tertiary/aromatic N) is 4. The van der Waals surface area contributed by atoms with E-state index in [2.05, 4.69) is 25.3 Å². The van der Waals surface area contributed by atoms with Crippen LogP contribution in [0.5, 0.6) is 0 Å². The van der Waals surface area contributed by atoms with E-state index in [4.69, 9.17) is 0 Å². The Hall–Kier alpha value is -3.81. The van der Waals surface area contributed by atoms with Crippen LogP contribution in [0.25, 0.3) is 10.9 Å². The number of hydrogen-bond donors (Lipinski definition) is 2. The molecule has 0 aliphatic rings. The molecule has 8 heteroatoms. The summed E-state index contributed by atoms with van der Waals surface area (Å²) in [6.45, 7) is 2.34. The minimum atomic E-state index is -0.298. The van der Waals surface area contributed by atoms with Gasteiger partial charge in [-0.05, 0) is 31.2 Å². The van der Waals surface area contributed by atoms with E-state index in [-0.39, 0.29) is 17.7 Å². The number of hydrogen-bond acceptors (Lipinski definition) is 6. The third-order valence-corrected chi connectivity index (χ3v) is 4.33. The fourth-order valence-electron chi connectivity index (χ4n) is 2.98. The van der Waals surface area contributed by atoms with Crippen LogP contribution < -0.4 is 16.4 Å². The number of fused-ring (bicyclic) bond motifs is 1. The van der Waals surface area contributed by atoms with Crippen molar-refractivity contribution in [3.05, 3.63) is 92.6 Å². The predicted octanol–water partition coefficient (Wildman–Crippen LogP) is 1.84. The average molecular weight is 374 g/mol. The lowest BCUT2D eigenvalue weighted by molar-refractivity contribution is 0.694. The van der Waals surface area contributed by atoms with Crippen LogP contribution >= 0.6 is 0 Å². The zero-order valence-electron chi connectivity index (χ0n) is 15.2. The van der Waals surface area contributed by atoms with Crippen LogP contribution in [0.1, 0.15) is 17.2 Å². The van der Waals surface area contributed by atoms with Crippen molar-refractivity contribution >= 4 is 16.9 Å². The second kappa shape index (κ2) is 7.43. The molecule has 3 heterocycles. The third kappa shape index (κ3) is 3.66. The van der Waals surface area contributed by atoms with Crippen molar-refractivity contribution in [3.8, 4) is 0 Å². The lowest BCUT2D eigenvalue weighted by atomic mass is 10.2. The van der Waals surface area contributed by atoms with Gasteiger partial charge in [-0.25, -0.2) is 9.97 Å². The quantitative estimate of drug-likeness (QED) is 0.552. The van der Waals surface area contributed by atoms with Crippen LogP contribution in [-0.4, -0.2) is 24.5 Å². The SMILES string of the molecule is Cc1nc2ccccc2c(=O)n1Cc1cc(=O)[nH]c(NCc2ccccn2)n1. The Morgan fingerprint density at radius 3 is 2.68 bits per heavy atom. The molecule has 8 nitrogen and oxygen atoms in total. The number of aromatic amines is 1. The Kier molecular flexibility index (Phi) is 4.67. The Bertz CT molecular complexity index is 1250. The number of para-hydroxylation sites is 1. The summed E-state index contributed by atoms with van der Waals surface area (Å²) in [7, 11) is 0. The van der Waals surface area contributed by atoms with Crippen molar-refractivity contribution in [3.63, 3.8) is 0 Å². The first-order valence-electron chi connectivity index (χ1n) is 8.80.